The van der Waals surface area contributed by atoms with Crippen LogP contribution in [0.5, 0.6) is 0 Å². The molecule has 1 aromatic rings. The van der Waals surface area contributed by atoms with Gasteiger partial charge in [0, 0.05) is 19.0 Å². The summed E-state index contributed by atoms with van der Waals surface area (Å²) < 4.78 is 0.764. The fraction of sp³-hybridized carbons (Fsp3) is 0.562. The third-order valence-electron chi connectivity index (χ3n) is 3.81. The lowest BCUT2D eigenvalue weighted by Gasteiger charge is -2.33. The number of hydrogen-bond acceptors (Lipinski definition) is 5. The number of urea groups is 1. The van der Waals surface area contributed by atoms with E-state index in [2.05, 4.69) is 16.2 Å². The lowest BCUT2D eigenvalue weighted by atomic mass is 9.94. The van der Waals surface area contributed by atoms with Crippen molar-refractivity contribution in [3.05, 3.63) is 6.20 Å². The topological polar surface area (TPSA) is 82.5 Å². The Kier molecular flexibility index (Phi) is 7.40. The van der Waals surface area contributed by atoms with E-state index in [-0.39, 0.29) is 17.8 Å². The average molecular weight is 367 g/mol. The van der Waals surface area contributed by atoms with Crippen LogP contribution < -0.4 is 5.32 Å². The number of carboxylic acids is 1. The lowest BCUT2D eigenvalue weighted by Crippen LogP contribution is -2.44. The summed E-state index contributed by atoms with van der Waals surface area (Å²) in [4.78, 5) is 29.2. The predicted octanol–water partition coefficient (Wildman–Crippen LogP) is 3.51. The smallest absolute Gasteiger partial charge is 0.323 e. The standard InChI is InChI=1S/C16H21N3O3S2/c1-2-3-9-19(12-7-5-4-6-8-12)16(22)18-15-17-10-14(24-15)23-11-13(20)21/h1,10,12H,3-9,11H2,(H,20,21)(H,17,18,22). The molecule has 0 saturated heterocycles. The Hall–Kier alpha value is -1.72. The second kappa shape index (κ2) is 9.55. The van der Waals surface area contributed by atoms with Crippen LogP contribution in [-0.4, -0.2) is 45.3 Å². The largest absolute Gasteiger partial charge is 0.481 e. The van der Waals surface area contributed by atoms with Crippen molar-refractivity contribution in [2.75, 3.05) is 17.6 Å². The molecule has 1 aliphatic rings. The molecule has 0 spiro atoms. The predicted molar refractivity (Wildman–Crippen MR) is 96.5 cm³/mol. The van der Waals surface area contributed by atoms with E-state index >= 15 is 0 Å². The van der Waals surface area contributed by atoms with E-state index in [1.807, 2.05) is 4.90 Å². The highest BCUT2D eigenvalue weighted by atomic mass is 32.2. The van der Waals surface area contributed by atoms with Crippen molar-refractivity contribution in [3.63, 3.8) is 0 Å². The van der Waals surface area contributed by atoms with Gasteiger partial charge in [-0.2, -0.15) is 0 Å². The maximum absolute atomic E-state index is 12.6. The highest BCUT2D eigenvalue weighted by Crippen LogP contribution is 2.29. The minimum absolute atomic E-state index is 0.0219. The fourth-order valence-corrected chi connectivity index (χ4v) is 4.29. The monoisotopic (exact) mass is 367 g/mol. The zero-order valence-electron chi connectivity index (χ0n) is 13.4. The minimum atomic E-state index is -0.878. The number of hydrogen-bond donors (Lipinski definition) is 2. The second-order valence-corrected chi connectivity index (χ2v) is 7.84. The molecule has 130 valence electrons. The molecule has 0 aromatic carbocycles. The number of amides is 2. The summed E-state index contributed by atoms with van der Waals surface area (Å²) in [6.45, 7) is 0.541. The average Bonchev–Trinajstić information content (AvgIpc) is 3.02. The summed E-state index contributed by atoms with van der Waals surface area (Å²) in [7, 11) is 0. The van der Waals surface area contributed by atoms with Gasteiger partial charge in [0.05, 0.1) is 16.2 Å². The maximum atomic E-state index is 12.6. The van der Waals surface area contributed by atoms with E-state index in [0.29, 0.717) is 18.1 Å². The normalized spacial score (nSPS) is 14.8. The van der Waals surface area contributed by atoms with Crippen LogP contribution in [0.4, 0.5) is 9.93 Å². The van der Waals surface area contributed by atoms with Gasteiger partial charge in [0.25, 0.3) is 0 Å². The Bertz CT molecular complexity index is 606. The van der Waals surface area contributed by atoms with Gasteiger partial charge >= 0.3 is 12.0 Å². The molecule has 8 heteroatoms. The van der Waals surface area contributed by atoms with Crippen molar-refractivity contribution in [2.24, 2.45) is 0 Å². The van der Waals surface area contributed by atoms with Gasteiger partial charge < -0.3 is 10.0 Å². The molecule has 2 rings (SSSR count). The number of thiazole rings is 1. The molecular formula is C16H21N3O3S2. The molecule has 1 aliphatic carbocycles. The van der Waals surface area contributed by atoms with Gasteiger partial charge in [-0.3, -0.25) is 10.1 Å². The first-order chi connectivity index (χ1) is 11.6. The maximum Gasteiger partial charge on any atom is 0.323 e. The highest BCUT2D eigenvalue weighted by Gasteiger charge is 2.25. The Morgan fingerprint density at radius 3 is 2.88 bits per heavy atom. The van der Waals surface area contributed by atoms with Gasteiger partial charge in [-0.1, -0.05) is 30.6 Å². The van der Waals surface area contributed by atoms with E-state index in [1.54, 1.807) is 6.20 Å². The molecule has 1 heterocycles. The number of nitrogens with one attached hydrogen (secondary N) is 1. The van der Waals surface area contributed by atoms with Gasteiger partial charge in [0.2, 0.25) is 0 Å². The number of carbonyl (C=O) groups is 2. The Morgan fingerprint density at radius 2 is 2.21 bits per heavy atom. The second-order valence-electron chi connectivity index (χ2n) is 5.54. The van der Waals surface area contributed by atoms with Crippen molar-refractivity contribution >= 4 is 40.2 Å². The molecule has 2 amide bonds. The van der Waals surface area contributed by atoms with E-state index in [0.717, 1.165) is 29.9 Å². The van der Waals surface area contributed by atoms with E-state index in [1.165, 1.54) is 29.5 Å². The summed E-state index contributed by atoms with van der Waals surface area (Å²) in [6, 6.07) is 0.0502. The quantitative estimate of drug-likeness (QED) is 0.569. The molecule has 1 aromatic heterocycles. The van der Waals surface area contributed by atoms with Crippen LogP contribution in [0.15, 0.2) is 10.4 Å². The first kappa shape index (κ1) is 18.6. The van der Waals surface area contributed by atoms with Crippen LogP contribution in [0.25, 0.3) is 0 Å². The molecule has 0 bridgehead atoms. The number of carboxylic acid groups (broad SMARTS) is 1. The fourth-order valence-electron chi connectivity index (χ4n) is 2.71. The van der Waals surface area contributed by atoms with Crippen LogP contribution >= 0.6 is 23.1 Å². The van der Waals surface area contributed by atoms with E-state index < -0.39 is 5.97 Å². The Balaban J connectivity index is 1.96. The summed E-state index contributed by atoms with van der Waals surface area (Å²) in [5.74, 6) is 1.69. The molecule has 2 N–H and O–H groups in total. The van der Waals surface area contributed by atoms with E-state index in [4.69, 9.17) is 11.5 Å². The number of aromatic nitrogens is 1. The SMILES string of the molecule is C#CCCN(C(=O)Nc1ncc(SCC(=O)O)s1)C1CCCCC1. The summed E-state index contributed by atoms with van der Waals surface area (Å²) in [5.41, 5.74) is 0. The molecule has 24 heavy (non-hydrogen) atoms. The van der Waals surface area contributed by atoms with Crippen molar-refractivity contribution in [2.45, 2.75) is 48.8 Å². The molecule has 1 saturated carbocycles. The van der Waals surface area contributed by atoms with Crippen LogP contribution in [0.3, 0.4) is 0 Å². The number of carbonyl (C=O) groups excluding carboxylic acids is 1. The van der Waals surface area contributed by atoms with E-state index in [9.17, 15) is 9.59 Å². The molecule has 0 aliphatic heterocycles. The molecule has 0 radical (unpaired) electrons. The van der Waals surface area contributed by atoms with Crippen molar-refractivity contribution in [3.8, 4) is 12.3 Å². The van der Waals surface area contributed by atoms with Gasteiger partial charge in [-0.15, -0.1) is 24.1 Å². The summed E-state index contributed by atoms with van der Waals surface area (Å²) >= 11 is 2.47. The number of aliphatic carboxylic acids is 1. The zero-order chi connectivity index (χ0) is 17.4. The van der Waals surface area contributed by atoms with Gasteiger partial charge in [0.1, 0.15) is 0 Å². The van der Waals surface area contributed by atoms with Crippen molar-refractivity contribution in [1.82, 2.24) is 9.88 Å². The van der Waals surface area contributed by atoms with Crippen molar-refractivity contribution in [1.29, 1.82) is 0 Å². The molecule has 6 nitrogen and oxygen atoms in total. The van der Waals surface area contributed by atoms with Crippen molar-refractivity contribution < 1.29 is 14.7 Å². The number of nitrogens with zero attached hydrogens (tertiary/aromatic N) is 2. The summed E-state index contributed by atoms with van der Waals surface area (Å²) in [5, 5.41) is 12.0. The van der Waals surface area contributed by atoms with Crippen LogP contribution in [0.1, 0.15) is 38.5 Å². The van der Waals surface area contributed by atoms with Gasteiger partial charge in [0.15, 0.2) is 5.13 Å². The van der Waals surface area contributed by atoms with Crippen LogP contribution in [0, 0.1) is 12.3 Å². The van der Waals surface area contributed by atoms with Gasteiger partial charge in [-0.25, -0.2) is 9.78 Å². The summed E-state index contributed by atoms with van der Waals surface area (Å²) in [6.07, 6.45) is 13.0. The minimum Gasteiger partial charge on any atom is -0.481 e. The molecular weight excluding hydrogens is 346 g/mol. The lowest BCUT2D eigenvalue weighted by molar-refractivity contribution is -0.133. The Morgan fingerprint density at radius 1 is 1.46 bits per heavy atom. The van der Waals surface area contributed by atoms with Crippen LogP contribution in [0.2, 0.25) is 0 Å². The van der Waals surface area contributed by atoms with Gasteiger partial charge in [-0.05, 0) is 12.8 Å². The van der Waals surface area contributed by atoms with Crippen LogP contribution in [-0.2, 0) is 4.79 Å². The molecule has 0 unspecified atom stereocenters. The first-order valence-electron chi connectivity index (χ1n) is 7.91. The zero-order valence-corrected chi connectivity index (χ0v) is 15.0. The number of thioether (sulfide) groups is 1. The third kappa shape index (κ3) is 5.73. The third-order valence-corrected chi connectivity index (χ3v) is 5.90. The number of terminal acetylenes is 1. The number of rotatable bonds is 7. The highest BCUT2D eigenvalue weighted by molar-refractivity contribution is 8.01. The number of anilines is 1. The molecule has 1 fully saturated rings. The molecule has 0 atom stereocenters. The first-order valence-corrected chi connectivity index (χ1v) is 9.72. The Labute approximate surface area is 150 Å².